The highest BCUT2D eigenvalue weighted by Gasteiger charge is 2.34. The smallest absolute Gasteiger partial charge is 0.433 e. The van der Waals surface area contributed by atoms with Crippen LogP contribution in [0.4, 0.5) is 24.5 Å². The third kappa shape index (κ3) is 6.02. The van der Waals surface area contributed by atoms with Gasteiger partial charge in [-0.05, 0) is 66.8 Å². The van der Waals surface area contributed by atoms with Crippen molar-refractivity contribution in [2.24, 2.45) is 0 Å². The summed E-state index contributed by atoms with van der Waals surface area (Å²) in [5, 5.41) is 3.34. The van der Waals surface area contributed by atoms with Crippen molar-refractivity contribution in [3.05, 3.63) is 95.1 Å². The van der Waals surface area contributed by atoms with Gasteiger partial charge in [-0.25, -0.2) is 4.98 Å². The van der Waals surface area contributed by atoms with E-state index in [0.717, 1.165) is 37.7 Å². The summed E-state index contributed by atoms with van der Waals surface area (Å²) in [4.78, 5) is 18.5. The lowest BCUT2D eigenvalue weighted by molar-refractivity contribution is -0.141. The molecule has 38 heavy (non-hydrogen) atoms. The molecule has 196 valence electrons. The van der Waals surface area contributed by atoms with Gasteiger partial charge in [0, 0.05) is 40.9 Å². The summed E-state index contributed by atoms with van der Waals surface area (Å²) in [7, 11) is 0. The highest BCUT2D eigenvalue weighted by molar-refractivity contribution is 6.31. The average molecular weight is 540 g/mol. The Labute approximate surface area is 223 Å². The summed E-state index contributed by atoms with van der Waals surface area (Å²) in [6.07, 6.45) is -2.51. The molecule has 4 aromatic rings. The second kappa shape index (κ2) is 10.9. The van der Waals surface area contributed by atoms with Gasteiger partial charge in [0.2, 0.25) is 0 Å². The number of nitrogens with one attached hydrogen (secondary N) is 1. The quantitative estimate of drug-likeness (QED) is 0.279. The maximum Gasteiger partial charge on any atom is 0.433 e. The Balaban J connectivity index is 1.19. The van der Waals surface area contributed by atoms with E-state index in [2.05, 4.69) is 39.5 Å². The van der Waals surface area contributed by atoms with Crippen molar-refractivity contribution in [1.82, 2.24) is 4.98 Å². The minimum atomic E-state index is -4.66. The Kier molecular flexibility index (Phi) is 7.42. The van der Waals surface area contributed by atoms with Gasteiger partial charge in [-0.2, -0.15) is 13.2 Å². The van der Waals surface area contributed by atoms with E-state index in [4.69, 9.17) is 16.3 Å². The molecule has 0 aliphatic carbocycles. The van der Waals surface area contributed by atoms with Crippen molar-refractivity contribution >= 4 is 39.8 Å². The number of ether oxygens (including phenoxy) is 1. The molecule has 3 aromatic carbocycles. The number of carbonyl (C=O) groups is 1. The van der Waals surface area contributed by atoms with E-state index in [1.807, 2.05) is 18.2 Å². The molecule has 9 heteroatoms. The number of nitrogens with zero attached hydrogens (tertiary/aromatic N) is 2. The van der Waals surface area contributed by atoms with E-state index in [9.17, 15) is 18.0 Å². The van der Waals surface area contributed by atoms with Crippen LogP contribution in [0.5, 0.6) is 5.75 Å². The van der Waals surface area contributed by atoms with Crippen molar-refractivity contribution in [2.45, 2.75) is 24.9 Å². The molecular formula is C29H25ClF3N3O2. The molecule has 0 unspecified atom stereocenters. The second-order valence-corrected chi connectivity index (χ2v) is 9.66. The van der Waals surface area contributed by atoms with Crippen molar-refractivity contribution in [3.8, 4) is 5.75 Å². The van der Waals surface area contributed by atoms with Crippen LogP contribution in [0.25, 0.3) is 10.9 Å². The Morgan fingerprint density at radius 3 is 2.39 bits per heavy atom. The Bertz CT molecular complexity index is 1420. The lowest BCUT2D eigenvalue weighted by Crippen LogP contribution is -2.32. The van der Waals surface area contributed by atoms with Crippen molar-refractivity contribution in [1.29, 1.82) is 0 Å². The molecule has 0 atom stereocenters. The molecule has 1 fully saturated rings. The van der Waals surface area contributed by atoms with E-state index in [1.54, 1.807) is 12.1 Å². The van der Waals surface area contributed by atoms with E-state index in [0.29, 0.717) is 22.0 Å². The first kappa shape index (κ1) is 25.9. The summed E-state index contributed by atoms with van der Waals surface area (Å²) >= 11 is 6.01. The number of halogens is 4. The molecule has 2 heterocycles. The van der Waals surface area contributed by atoms with Gasteiger partial charge in [0.1, 0.15) is 11.4 Å². The van der Waals surface area contributed by atoms with Crippen LogP contribution in [0.3, 0.4) is 0 Å². The normalized spacial score (nSPS) is 14.5. The van der Waals surface area contributed by atoms with Crippen molar-refractivity contribution in [3.63, 3.8) is 0 Å². The summed E-state index contributed by atoms with van der Waals surface area (Å²) in [5.74, 6) is -0.0528. The zero-order valence-electron chi connectivity index (χ0n) is 20.3. The number of anilines is 2. The predicted octanol–water partition coefficient (Wildman–Crippen LogP) is 7.31. The predicted molar refractivity (Wildman–Crippen MR) is 143 cm³/mol. The summed E-state index contributed by atoms with van der Waals surface area (Å²) in [5.41, 5.74) is 1.99. The molecule has 0 saturated carbocycles. The van der Waals surface area contributed by atoms with Crippen LogP contribution in [0.2, 0.25) is 5.02 Å². The van der Waals surface area contributed by atoms with Crippen LogP contribution < -0.4 is 15.0 Å². The van der Waals surface area contributed by atoms with Crippen LogP contribution in [0.15, 0.2) is 78.9 Å². The molecule has 0 spiro atoms. The number of carbonyl (C=O) groups excluding carboxylic acids is 1. The zero-order valence-corrected chi connectivity index (χ0v) is 21.1. The third-order valence-electron chi connectivity index (χ3n) is 6.66. The fourth-order valence-corrected chi connectivity index (χ4v) is 4.90. The third-order valence-corrected chi connectivity index (χ3v) is 6.90. The van der Waals surface area contributed by atoms with Crippen LogP contribution in [0, 0.1) is 0 Å². The highest BCUT2D eigenvalue weighted by atomic mass is 35.5. The summed E-state index contributed by atoms with van der Waals surface area (Å²) in [6, 6.07) is 23.1. The van der Waals surface area contributed by atoms with E-state index < -0.39 is 24.4 Å². The van der Waals surface area contributed by atoms with Crippen molar-refractivity contribution in [2.75, 3.05) is 29.9 Å². The second-order valence-electron chi connectivity index (χ2n) is 9.22. The van der Waals surface area contributed by atoms with Gasteiger partial charge in [-0.1, -0.05) is 41.9 Å². The topological polar surface area (TPSA) is 54.5 Å². The lowest BCUT2D eigenvalue weighted by atomic mass is 9.89. The number of hydrogen-bond donors (Lipinski definition) is 1. The first-order valence-electron chi connectivity index (χ1n) is 12.3. The lowest BCUT2D eigenvalue weighted by Gasteiger charge is -2.34. The largest absolute Gasteiger partial charge is 0.483 e. The van der Waals surface area contributed by atoms with Crippen molar-refractivity contribution < 1.29 is 22.7 Å². The van der Waals surface area contributed by atoms with Crippen LogP contribution in [-0.4, -0.2) is 30.6 Å². The SMILES string of the molecule is O=C(COc1cc(C(F)(F)F)nc2ccc(Cl)cc12)Nc1ccc(N2CCC(c3ccccc3)CC2)cc1. The first-order chi connectivity index (χ1) is 18.3. The maximum absolute atomic E-state index is 13.3. The average Bonchev–Trinajstić information content (AvgIpc) is 2.92. The number of rotatable bonds is 6. The molecule has 1 aromatic heterocycles. The number of benzene rings is 3. The first-order valence-corrected chi connectivity index (χ1v) is 12.6. The van der Waals surface area contributed by atoms with E-state index in [1.165, 1.54) is 23.8 Å². The molecule has 1 N–H and O–H groups in total. The standard InChI is InChI=1S/C29H25ClF3N3O2/c30-21-6-11-25-24(16-21)26(17-27(35-25)29(31,32)33)38-18-28(37)34-22-7-9-23(10-8-22)36-14-12-20(13-15-36)19-4-2-1-3-5-19/h1-11,16-17,20H,12-15,18H2,(H,34,37). The fraction of sp³-hybridized carbons (Fsp3) is 0.241. The highest BCUT2D eigenvalue weighted by Crippen LogP contribution is 2.35. The van der Waals surface area contributed by atoms with Gasteiger partial charge in [-0.15, -0.1) is 0 Å². The van der Waals surface area contributed by atoms with Gasteiger partial charge < -0.3 is 15.0 Å². The number of piperidine rings is 1. The van der Waals surface area contributed by atoms with Crippen LogP contribution in [-0.2, 0) is 11.0 Å². The molecular weight excluding hydrogens is 515 g/mol. The number of pyridine rings is 1. The Morgan fingerprint density at radius 2 is 1.71 bits per heavy atom. The van der Waals surface area contributed by atoms with Gasteiger partial charge in [0.25, 0.3) is 5.91 Å². The van der Waals surface area contributed by atoms with E-state index in [-0.39, 0.29) is 11.3 Å². The number of alkyl halides is 3. The minimum Gasteiger partial charge on any atom is -0.483 e. The molecule has 1 aliphatic rings. The molecule has 5 nitrogen and oxygen atoms in total. The Morgan fingerprint density at radius 1 is 1.00 bits per heavy atom. The van der Waals surface area contributed by atoms with Gasteiger partial charge in [0.15, 0.2) is 6.61 Å². The molecule has 0 radical (unpaired) electrons. The van der Waals surface area contributed by atoms with Gasteiger partial charge >= 0.3 is 6.18 Å². The van der Waals surface area contributed by atoms with Gasteiger partial charge in [0.05, 0.1) is 5.52 Å². The number of amides is 1. The van der Waals surface area contributed by atoms with E-state index >= 15 is 0 Å². The minimum absolute atomic E-state index is 0.0722. The van der Waals surface area contributed by atoms with Crippen LogP contribution >= 0.6 is 11.6 Å². The molecule has 1 saturated heterocycles. The summed E-state index contributed by atoms with van der Waals surface area (Å²) < 4.78 is 45.4. The van der Waals surface area contributed by atoms with Gasteiger partial charge in [-0.3, -0.25) is 4.79 Å². The Hall–Kier alpha value is -3.78. The molecule has 1 aliphatic heterocycles. The molecule has 5 rings (SSSR count). The monoisotopic (exact) mass is 539 g/mol. The van der Waals surface area contributed by atoms with Crippen LogP contribution in [0.1, 0.15) is 30.0 Å². The molecule has 1 amide bonds. The number of hydrogen-bond acceptors (Lipinski definition) is 4. The zero-order chi connectivity index (χ0) is 26.7. The fourth-order valence-electron chi connectivity index (χ4n) is 4.72. The maximum atomic E-state index is 13.3. The number of aromatic nitrogens is 1. The summed E-state index contributed by atoms with van der Waals surface area (Å²) in [6.45, 7) is 1.42. The molecule has 0 bridgehead atoms. The number of fused-ring (bicyclic) bond motifs is 1.